The number of carbonyl (C=O) groups is 3. The molecule has 1 aliphatic carbocycles. The first-order valence-electron chi connectivity index (χ1n) is 8.60. The highest BCUT2D eigenvalue weighted by molar-refractivity contribution is 6.33. The van der Waals surface area contributed by atoms with Crippen LogP contribution in [0.25, 0.3) is 6.08 Å². The Kier molecular flexibility index (Phi) is 5.46. The Balaban J connectivity index is 1.90. The van der Waals surface area contributed by atoms with Gasteiger partial charge in [-0.05, 0) is 54.2 Å². The highest BCUT2D eigenvalue weighted by atomic mass is 35.5. The van der Waals surface area contributed by atoms with E-state index in [1.807, 2.05) is 49.3 Å². The highest BCUT2D eigenvalue weighted by Crippen LogP contribution is 2.35. The van der Waals surface area contributed by atoms with Crippen LogP contribution in [0.4, 0.5) is 10.5 Å². The zero-order valence-corrected chi connectivity index (χ0v) is 15.9. The van der Waals surface area contributed by atoms with Gasteiger partial charge in [-0.1, -0.05) is 29.8 Å². The lowest BCUT2D eigenvalue weighted by molar-refractivity contribution is -0.124. The number of urea groups is 1. The molecule has 1 fully saturated rings. The molecule has 0 bridgehead atoms. The van der Waals surface area contributed by atoms with E-state index in [-0.39, 0.29) is 5.57 Å². The lowest BCUT2D eigenvalue weighted by Crippen LogP contribution is -2.51. The summed E-state index contributed by atoms with van der Waals surface area (Å²) in [5.74, 6) is -1.42. The first kappa shape index (κ1) is 18.9. The fourth-order valence-electron chi connectivity index (χ4n) is 3.02. The molecule has 1 aromatic carbocycles. The zero-order valence-electron chi connectivity index (χ0n) is 15.1. The molecule has 0 spiro atoms. The second-order valence-electron chi connectivity index (χ2n) is 6.64. The number of rotatable bonds is 3. The third kappa shape index (κ3) is 4.28. The number of imide groups is 2. The van der Waals surface area contributed by atoms with Crippen molar-refractivity contribution in [3.05, 3.63) is 57.7 Å². The zero-order chi connectivity index (χ0) is 19.6. The van der Waals surface area contributed by atoms with Crippen molar-refractivity contribution in [1.29, 1.82) is 0 Å². The topological polar surface area (TPSA) is 78.5 Å². The van der Waals surface area contributed by atoms with Gasteiger partial charge in [0, 0.05) is 24.8 Å². The van der Waals surface area contributed by atoms with Gasteiger partial charge in [0.25, 0.3) is 11.8 Å². The van der Waals surface area contributed by atoms with Crippen molar-refractivity contribution in [1.82, 2.24) is 10.6 Å². The molecule has 27 heavy (non-hydrogen) atoms. The Labute approximate surface area is 162 Å². The Morgan fingerprint density at radius 1 is 0.963 bits per heavy atom. The monoisotopic (exact) mass is 385 g/mol. The van der Waals surface area contributed by atoms with Crippen LogP contribution in [0.3, 0.4) is 0 Å². The van der Waals surface area contributed by atoms with E-state index < -0.39 is 17.8 Å². The normalized spacial score (nSPS) is 19.1. The number of allylic oxidation sites excluding steroid dienone is 4. The molecule has 0 aromatic heterocycles. The summed E-state index contributed by atoms with van der Waals surface area (Å²) in [5.41, 5.74) is 3.70. The number of hydrogen-bond donors (Lipinski definition) is 2. The van der Waals surface area contributed by atoms with Crippen LogP contribution in [-0.4, -0.2) is 31.9 Å². The van der Waals surface area contributed by atoms with E-state index in [2.05, 4.69) is 10.6 Å². The average Bonchev–Trinajstić information content (AvgIpc) is 2.61. The lowest BCUT2D eigenvalue weighted by Gasteiger charge is -2.19. The molecule has 7 heteroatoms. The van der Waals surface area contributed by atoms with Crippen LogP contribution in [0, 0.1) is 0 Å². The second kappa shape index (κ2) is 7.80. The number of benzene rings is 1. The maximum absolute atomic E-state index is 11.9. The van der Waals surface area contributed by atoms with Gasteiger partial charge in [0.15, 0.2) is 0 Å². The third-order valence-corrected chi connectivity index (χ3v) is 4.95. The molecule has 0 atom stereocenters. The molecule has 1 aromatic rings. The molecule has 1 saturated heterocycles. The number of carbonyl (C=O) groups excluding carboxylic acids is 3. The van der Waals surface area contributed by atoms with E-state index in [0.717, 1.165) is 29.7 Å². The third-order valence-electron chi connectivity index (χ3n) is 4.47. The Morgan fingerprint density at radius 2 is 1.59 bits per heavy atom. The molecule has 1 heterocycles. The van der Waals surface area contributed by atoms with Crippen molar-refractivity contribution in [2.75, 3.05) is 19.0 Å². The Morgan fingerprint density at radius 3 is 2.19 bits per heavy atom. The summed E-state index contributed by atoms with van der Waals surface area (Å²) in [5, 5.41) is 4.68. The minimum Gasteiger partial charge on any atom is -0.378 e. The van der Waals surface area contributed by atoms with Crippen LogP contribution in [0.5, 0.6) is 0 Å². The van der Waals surface area contributed by atoms with Crippen molar-refractivity contribution in [2.45, 2.75) is 19.3 Å². The van der Waals surface area contributed by atoms with Gasteiger partial charge in [-0.25, -0.2) is 4.79 Å². The molecular weight excluding hydrogens is 366 g/mol. The van der Waals surface area contributed by atoms with E-state index in [1.54, 1.807) is 0 Å². The van der Waals surface area contributed by atoms with Crippen LogP contribution >= 0.6 is 11.6 Å². The number of hydrogen-bond acceptors (Lipinski definition) is 4. The molecule has 2 N–H and O–H groups in total. The smallest absolute Gasteiger partial charge is 0.328 e. The largest absolute Gasteiger partial charge is 0.378 e. The summed E-state index contributed by atoms with van der Waals surface area (Å²) in [7, 11) is 3.97. The summed E-state index contributed by atoms with van der Waals surface area (Å²) in [6, 6.07) is 7.29. The summed E-state index contributed by atoms with van der Waals surface area (Å²) < 4.78 is 0. The van der Waals surface area contributed by atoms with E-state index >= 15 is 0 Å². The number of nitrogens with zero attached hydrogens (tertiary/aromatic N) is 1. The van der Waals surface area contributed by atoms with Crippen molar-refractivity contribution in [3.8, 4) is 0 Å². The van der Waals surface area contributed by atoms with Crippen LogP contribution < -0.4 is 15.5 Å². The summed E-state index contributed by atoms with van der Waals surface area (Å²) in [4.78, 5) is 37.0. The van der Waals surface area contributed by atoms with Gasteiger partial charge in [-0.15, -0.1) is 0 Å². The maximum Gasteiger partial charge on any atom is 0.328 e. The van der Waals surface area contributed by atoms with E-state index in [1.165, 1.54) is 6.08 Å². The van der Waals surface area contributed by atoms with Gasteiger partial charge in [-0.2, -0.15) is 0 Å². The van der Waals surface area contributed by atoms with E-state index in [9.17, 15) is 14.4 Å². The molecule has 3 rings (SSSR count). The summed E-state index contributed by atoms with van der Waals surface area (Å²) in [6.45, 7) is 0. The van der Waals surface area contributed by atoms with Crippen LogP contribution in [0.15, 0.2) is 52.1 Å². The minimum atomic E-state index is -0.812. The molecule has 0 radical (unpaired) electrons. The first-order chi connectivity index (χ1) is 12.8. The van der Waals surface area contributed by atoms with E-state index in [4.69, 9.17) is 11.6 Å². The highest BCUT2D eigenvalue weighted by Gasteiger charge is 2.28. The standard InChI is InChI=1S/C20H20ClN3O3/c1-24(2)15-8-6-12(7-9-15)10-13-4-3-5-14(17(13)21)11-16-18(25)22-20(27)23-19(16)26/h6-11H,3-5H2,1-2H3,(H2,22,23,25,26,27)/b13-10+. The molecule has 6 nitrogen and oxygen atoms in total. The number of halogens is 1. The van der Waals surface area contributed by atoms with Crippen molar-refractivity contribution in [2.24, 2.45) is 0 Å². The van der Waals surface area contributed by atoms with Gasteiger partial charge >= 0.3 is 6.03 Å². The lowest BCUT2D eigenvalue weighted by atomic mass is 9.92. The Hall–Kier alpha value is -2.86. The predicted octanol–water partition coefficient (Wildman–Crippen LogP) is 3.11. The van der Waals surface area contributed by atoms with Gasteiger partial charge in [-0.3, -0.25) is 20.2 Å². The van der Waals surface area contributed by atoms with Crippen molar-refractivity contribution in [3.63, 3.8) is 0 Å². The van der Waals surface area contributed by atoms with Gasteiger partial charge in [0.1, 0.15) is 5.57 Å². The number of barbiturate groups is 1. The molecular formula is C20H20ClN3O3. The molecule has 140 valence electrons. The minimum absolute atomic E-state index is 0.112. The van der Waals surface area contributed by atoms with Crippen LogP contribution in [-0.2, 0) is 9.59 Å². The Bertz CT molecular complexity index is 874. The number of anilines is 1. The van der Waals surface area contributed by atoms with Crippen molar-refractivity contribution >= 4 is 41.2 Å². The van der Waals surface area contributed by atoms with Crippen LogP contribution in [0.1, 0.15) is 24.8 Å². The van der Waals surface area contributed by atoms with Crippen molar-refractivity contribution < 1.29 is 14.4 Å². The quantitative estimate of drug-likeness (QED) is 0.619. The number of nitrogens with one attached hydrogen (secondary N) is 2. The van der Waals surface area contributed by atoms with Crippen LogP contribution in [0.2, 0.25) is 0 Å². The fourth-order valence-corrected chi connectivity index (χ4v) is 3.31. The number of amides is 4. The maximum atomic E-state index is 11.9. The van der Waals surface area contributed by atoms with Gasteiger partial charge in [0.05, 0.1) is 0 Å². The SMILES string of the molecule is CN(C)c1ccc(/C=C2\CCCC(C=C3C(=O)NC(=O)NC3=O)=C2Cl)cc1. The molecule has 4 amide bonds. The second-order valence-corrected chi connectivity index (χ2v) is 7.02. The average molecular weight is 386 g/mol. The fraction of sp³-hybridized carbons (Fsp3) is 0.250. The molecule has 0 unspecified atom stereocenters. The summed E-state index contributed by atoms with van der Waals surface area (Å²) >= 11 is 6.55. The van der Waals surface area contributed by atoms with E-state index in [0.29, 0.717) is 17.0 Å². The molecule has 1 aliphatic heterocycles. The summed E-state index contributed by atoms with van der Waals surface area (Å²) in [6.07, 6.45) is 5.83. The van der Waals surface area contributed by atoms with Gasteiger partial charge in [0.2, 0.25) is 0 Å². The molecule has 2 aliphatic rings. The van der Waals surface area contributed by atoms with Gasteiger partial charge < -0.3 is 4.90 Å². The first-order valence-corrected chi connectivity index (χ1v) is 8.98. The molecule has 0 saturated carbocycles. The predicted molar refractivity (Wildman–Crippen MR) is 105 cm³/mol.